The Morgan fingerprint density at radius 1 is 0.800 bits per heavy atom. The minimum Gasteiger partial charge on any atom is -0.423 e. The van der Waals surface area contributed by atoms with Crippen LogP contribution in [0.15, 0.2) is 36.7 Å². The molecule has 0 aliphatic rings. The van der Waals surface area contributed by atoms with Crippen molar-refractivity contribution >= 4 is 5.97 Å². The number of benzene rings is 1. The Morgan fingerprint density at radius 3 is 2.03 bits per heavy atom. The lowest BCUT2D eigenvalue weighted by atomic mass is 10.0. The molecule has 0 aliphatic carbocycles. The molecule has 35 heavy (non-hydrogen) atoms. The van der Waals surface area contributed by atoms with Gasteiger partial charge in [-0.15, -0.1) is 0 Å². The number of esters is 1. The highest BCUT2D eigenvalue weighted by Crippen LogP contribution is 2.19. The van der Waals surface area contributed by atoms with Gasteiger partial charge >= 0.3 is 5.97 Å². The van der Waals surface area contributed by atoms with Crippen LogP contribution in [0.4, 0.5) is 0 Å². The van der Waals surface area contributed by atoms with Crippen molar-refractivity contribution in [3.63, 3.8) is 0 Å². The Morgan fingerprint density at radius 2 is 1.40 bits per heavy atom. The summed E-state index contributed by atoms with van der Waals surface area (Å²) < 4.78 is 5.41. The first-order valence-corrected chi connectivity index (χ1v) is 14.2. The summed E-state index contributed by atoms with van der Waals surface area (Å²) in [6, 6.07) is 8.53. The topological polar surface area (TPSA) is 52.1 Å². The standard InChI is InChI=1S/C31H48N2O2/c1-4-6-7-8-9-10-11-12-15-18-27-20-22-28(23-21-27)31-32-24-29(25-33-31)35-30(34)19-16-13-14-17-26(3)5-2/h20-26H,4-19H2,1-3H3. The van der Waals surface area contributed by atoms with Gasteiger partial charge in [0.1, 0.15) is 0 Å². The maximum Gasteiger partial charge on any atom is 0.311 e. The molecule has 194 valence electrons. The highest BCUT2D eigenvalue weighted by Gasteiger charge is 2.08. The third-order valence-corrected chi connectivity index (χ3v) is 6.92. The fourth-order valence-corrected chi connectivity index (χ4v) is 4.30. The van der Waals surface area contributed by atoms with Crippen LogP contribution in [0.25, 0.3) is 11.4 Å². The van der Waals surface area contributed by atoms with Gasteiger partial charge in [-0.25, -0.2) is 9.97 Å². The smallest absolute Gasteiger partial charge is 0.311 e. The second-order valence-corrected chi connectivity index (χ2v) is 10.1. The summed E-state index contributed by atoms with van der Waals surface area (Å²) in [5, 5.41) is 0. The van der Waals surface area contributed by atoms with E-state index in [2.05, 4.69) is 55.0 Å². The number of ether oxygens (including phenoxy) is 1. The minimum absolute atomic E-state index is 0.203. The molecule has 0 fully saturated rings. The largest absolute Gasteiger partial charge is 0.423 e. The van der Waals surface area contributed by atoms with Crippen LogP contribution in [0.2, 0.25) is 0 Å². The number of carbonyl (C=O) groups excluding carboxylic acids is 1. The van der Waals surface area contributed by atoms with Crippen LogP contribution in [0, 0.1) is 5.92 Å². The molecule has 1 heterocycles. The van der Waals surface area contributed by atoms with E-state index in [0.717, 1.165) is 30.7 Å². The van der Waals surface area contributed by atoms with E-state index in [0.29, 0.717) is 18.0 Å². The number of aryl methyl sites for hydroxylation is 1. The summed E-state index contributed by atoms with van der Waals surface area (Å²) in [7, 11) is 0. The third-order valence-electron chi connectivity index (χ3n) is 6.92. The van der Waals surface area contributed by atoms with Gasteiger partial charge in [0.15, 0.2) is 11.6 Å². The first kappa shape index (κ1) is 29.0. The summed E-state index contributed by atoms with van der Waals surface area (Å²) >= 11 is 0. The van der Waals surface area contributed by atoms with Crippen LogP contribution >= 0.6 is 0 Å². The summed E-state index contributed by atoms with van der Waals surface area (Å²) in [5.74, 6) is 1.64. The van der Waals surface area contributed by atoms with Crippen molar-refractivity contribution in [2.75, 3.05) is 0 Å². The maximum atomic E-state index is 12.1. The second kappa shape index (κ2) is 18.1. The highest BCUT2D eigenvalue weighted by molar-refractivity contribution is 5.72. The molecule has 0 radical (unpaired) electrons. The third kappa shape index (κ3) is 12.9. The quantitative estimate of drug-likeness (QED) is 0.149. The molecule has 2 aromatic rings. The van der Waals surface area contributed by atoms with Crippen molar-refractivity contribution < 1.29 is 9.53 Å². The van der Waals surface area contributed by atoms with E-state index in [4.69, 9.17) is 4.74 Å². The normalized spacial score (nSPS) is 12.0. The average molecular weight is 481 g/mol. The molecule has 1 aromatic heterocycles. The monoisotopic (exact) mass is 480 g/mol. The predicted molar refractivity (Wildman–Crippen MR) is 147 cm³/mol. The number of rotatable bonds is 19. The van der Waals surface area contributed by atoms with E-state index in [1.54, 1.807) is 12.4 Å². The van der Waals surface area contributed by atoms with Gasteiger partial charge < -0.3 is 4.74 Å². The van der Waals surface area contributed by atoms with Gasteiger partial charge in [-0.1, -0.05) is 122 Å². The number of unbranched alkanes of at least 4 members (excludes halogenated alkanes) is 10. The molecule has 4 heteroatoms. The number of hydrogen-bond donors (Lipinski definition) is 0. The van der Waals surface area contributed by atoms with Gasteiger partial charge in [0.05, 0.1) is 12.4 Å². The summed E-state index contributed by atoms with van der Waals surface area (Å²) in [5.41, 5.74) is 2.35. The van der Waals surface area contributed by atoms with Gasteiger partial charge in [0.2, 0.25) is 0 Å². The van der Waals surface area contributed by atoms with Gasteiger partial charge in [0.25, 0.3) is 0 Å². The fraction of sp³-hybridized carbons (Fsp3) is 0.645. The molecule has 0 N–H and O–H groups in total. The van der Waals surface area contributed by atoms with E-state index in [9.17, 15) is 4.79 Å². The van der Waals surface area contributed by atoms with Gasteiger partial charge in [-0.3, -0.25) is 4.79 Å². The SMILES string of the molecule is CCCCCCCCCCCc1ccc(-c2ncc(OC(=O)CCCCCC(C)CC)cn2)cc1. The Kier molecular flexibility index (Phi) is 15.0. The van der Waals surface area contributed by atoms with Crippen molar-refractivity contribution in [2.24, 2.45) is 5.92 Å². The fourth-order valence-electron chi connectivity index (χ4n) is 4.30. The zero-order chi connectivity index (χ0) is 25.1. The molecule has 0 saturated heterocycles. The number of aromatic nitrogens is 2. The molecular weight excluding hydrogens is 432 g/mol. The van der Waals surface area contributed by atoms with Crippen LogP contribution in [0.3, 0.4) is 0 Å². The van der Waals surface area contributed by atoms with E-state index < -0.39 is 0 Å². The molecule has 0 saturated carbocycles. The van der Waals surface area contributed by atoms with Crippen molar-refractivity contribution in [2.45, 2.75) is 124 Å². The number of hydrogen-bond acceptors (Lipinski definition) is 4. The first-order valence-electron chi connectivity index (χ1n) is 14.2. The zero-order valence-electron chi connectivity index (χ0n) is 22.6. The van der Waals surface area contributed by atoms with E-state index in [-0.39, 0.29) is 5.97 Å². The Hall–Kier alpha value is -2.23. The van der Waals surface area contributed by atoms with E-state index >= 15 is 0 Å². The van der Waals surface area contributed by atoms with Crippen LogP contribution in [-0.2, 0) is 11.2 Å². The number of carbonyl (C=O) groups is 1. The van der Waals surface area contributed by atoms with Crippen molar-refractivity contribution in [1.82, 2.24) is 9.97 Å². The van der Waals surface area contributed by atoms with Gasteiger partial charge in [0, 0.05) is 12.0 Å². The Bertz CT molecular complexity index is 802. The molecule has 0 spiro atoms. The number of nitrogens with zero attached hydrogens (tertiary/aromatic N) is 2. The Balaban J connectivity index is 1.64. The van der Waals surface area contributed by atoms with Crippen molar-refractivity contribution in [3.05, 3.63) is 42.2 Å². The zero-order valence-corrected chi connectivity index (χ0v) is 22.6. The first-order chi connectivity index (χ1) is 17.1. The lowest BCUT2D eigenvalue weighted by molar-refractivity contribution is -0.134. The lowest BCUT2D eigenvalue weighted by Crippen LogP contribution is -2.08. The maximum absolute atomic E-state index is 12.1. The van der Waals surface area contributed by atoms with Crippen LogP contribution < -0.4 is 4.74 Å². The molecule has 1 atom stereocenters. The van der Waals surface area contributed by atoms with E-state index in [1.165, 1.54) is 82.6 Å². The summed E-state index contributed by atoms with van der Waals surface area (Å²) in [6.45, 7) is 6.78. The minimum atomic E-state index is -0.203. The van der Waals surface area contributed by atoms with Crippen molar-refractivity contribution in [1.29, 1.82) is 0 Å². The molecule has 2 rings (SSSR count). The molecule has 0 bridgehead atoms. The summed E-state index contributed by atoms with van der Waals surface area (Å²) in [6.07, 6.45) is 22.6. The average Bonchev–Trinajstić information content (AvgIpc) is 2.88. The molecule has 1 unspecified atom stereocenters. The predicted octanol–water partition coefficient (Wildman–Crippen LogP) is 9.12. The van der Waals surface area contributed by atoms with Crippen molar-refractivity contribution in [3.8, 4) is 17.1 Å². The van der Waals surface area contributed by atoms with Crippen LogP contribution in [-0.4, -0.2) is 15.9 Å². The molecule has 0 aliphatic heterocycles. The molecular formula is C31H48N2O2. The molecule has 0 amide bonds. The summed E-state index contributed by atoms with van der Waals surface area (Å²) in [4.78, 5) is 20.9. The molecule has 1 aromatic carbocycles. The van der Waals surface area contributed by atoms with Gasteiger partial charge in [-0.05, 0) is 30.7 Å². The molecule has 4 nitrogen and oxygen atoms in total. The Labute approximate surface area is 214 Å². The van der Waals surface area contributed by atoms with Crippen LogP contribution in [0.5, 0.6) is 5.75 Å². The van der Waals surface area contributed by atoms with Gasteiger partial charge in [-0.2, -0.15) is 0 Å². The van der Waals surface area contributed by atoms with Crippen LogP contribution in [0.1, 0.15) is 123 Å². The lowest BCUT2D eigenvalue weighted by Gasteiger charge is -2.08. The van der Waals surface area contributed by atoms with E-state index in [1.807, 2.05) is 0 Å². The highest BCUT2D eigenvalue weighted by atomic mass is 16.5. The second-order valence-electron chi connectivity index (χ2n) is 10.1.